The third-order valence-corrected chi connectivity index (χ3v) is 5.03. The summed E-state index contributed by atoms with van der Waals surface area (Å²) in [5.41, 5.74) is 0.532. The molecule has 0 atom stereocenters. The number of hydrogen-bond donors (Lipinski definition) is 1. The van der Waals surface area contributed by atoms with Crippen LogP contribution in [0.5, 0.6) is 0 Å². The van der Waals surface area contributed by atoms with Gasteiger partial charge in [-0.25, -0.2) is 4.98 Å². The summed E-state index contributed by atoms with van der Waals surface area (Å²) in [6, 6.07) is 4.49. The number of halogens is 1. The Morgan fingerprint density at radius 1 is 1.33 bits per heavy atom. The van der Waals surface area contributed by atoms with Crippen LogP contribution in [0.4, 0.5) is 4.39 Å². The Hall–Kier alpha value is -1.45. The van der Waals surface area contributed by atoms with Crippen molar-refractivity contribution in [2.75, 3.05) is 0 Å². The number of carbonyl (C=O) groups excluding carboxylic acids is 1. The molecule has 3 nitrogen and oxygen atoms in total. The normalized spacial score (nSPS) is 22.9. The van der Waals surface area contributed by atoms with Crippen molar-refractivity contribution < 1.29 is 9.18 Å². The number of carbonyl (C=O) groups is 1. The molecule has 1 aliphatic carbocycles. The Morgan fingerprint density at radius 3 is 2.57 bits per heavy atom. The second kappa shape index (κ2) is 6.54. The maximum Gasteiger partial charge on any atom is 0.270 e. The van der Waals surface area contributed by atoms with Crippen molar-refractivity contribution in [1.29, 1.82) is 0 Å². The number of amides is 1. The zero-order chi connectivity index (χ0) is 15.5. The second-order valence-corrected chi connectivity index (χ2v) is 6.71. The summed E-state index contributed by atoms with van der Waals surface area (Å²) in [7, 11) is 0. The van der Waals surface area contributed by atoms with Gasteiger partial charge in [-0.3, -0.25) is 4.79 Å². The lowest BCUT2D eigenvalue weighted by atomic mass is 9.69. The van der Waals surface area contributed by atoms with Crippen molar-refractivity contribution in [3.63, 3.8) is 0 Å². The molecular weight excluding hydrogens is 267 g/mol. The highest BCUT2D eigenvalue weighted by atomic mass is 19.1. The van der Waals surface area contributed by atoms with Crippen LogP contribution in [0.3, 0.4) is 0 Å². The smallest absolute Gasteiger partial charge is 0.270 e. The van der Waals surface area contributed by atoms with Gasteiger partial charge in [-0.15, -0.1) is 0 Å². The predicted octanol–water partition coefficient (Wildman–Crippen LogP) is 3.95. The summed E-state index contributed by atoms with van der Waals surface area (Å²) < 4.78 is 13.0. The van der Waals surface area contributed by atoms with E-state index in [4.69, 9.17) is 0 Å². The summed E-state index contributed by atoms with van der Waals surface area (Å²) in [6.07, 6.45) is 5.46. The summed E-state index contributed by atoms with van der Waals surface area (Å²) in [5.74, 6) is -0.160. The van der Waals surface area contributed by atoms with Gasteiger partial charge in [0.15, 0.2) is 0 Å². The lowest BCUT2D eigenvalue weighted by Gasteiger charge is -2.39. The van der Waals surface area contributed by atoms with Gasteiger partial charge in [0.1, 0.15) is 5.69 Å². The van der Waals surface area contributed by atoms with E-state index in [9.17, 15) is 9.18 Å². The molecule has 0 radical (unpaired) electrons. The Morgan fingerprint density at radius 2 is 2.00 bits per heavy atom. The highest BCUT2D eigenvalue weighted by Crippen LogP contribution is 2.40. The molecule has 1 aliphatic rings. The van der Waals surface area contributed by atoms with E-state index >= 15 is 0 Å². The van der Waals surface area contributed by atoms with Crippen molar-refractivity contribution in [3.8, 4) is 0 Å². The van der Waals surface area contributed by atoms with E-state index in [1.54, 1.807) is 6.07 Å². The van der Waals surface area contributed by atoms with Gasteiger partial charge in [0.2, 0.25) is 5.95 Å². The Balaban J connectivity index is 1.88. The third-order valence-electron chi connectivity index (χ3n) is 5.03. The van der Waals surface area contributed by atoms with Gasteiger partial charge in [-0.1, -0.05) is 33.3 Å². The molecular formula is C17H25FN2O. The second-order valence-electron chi connectivity index (χ2n) is 6.71. The molecule has 0 aromatic carbocycles. The maximum absolute atomic E-state index is 13.0. The quantitative estimate of drug-likeness (QED) is 0.854. The molecule has 4 heteroatoms. The van der Waals surface area contributed by atoms with Gasteiger partial charge < -0.3 is 5.32 Å². The van der Waals surface area contributed by atoms with Gasteiger partial charge in [0.25, 0.3) is 5.91 Å². The maximum atomic E-state index is 13.0. The number of rotatable bonds is 4. The summed E-state index contributed by atoms with van der Waals surface area (Å²) >= 11 is 0. The van der Waals surface area contributed by atoms with Crippen LogP contribution in [0.1, 0.15) is 63.4 Å². The van der Waals surface area contributed by atoms with Crippen LogP contribution in [0.2, 0.25) is 0 Å². The van der Waals surface area contributed by atoms with Gasteiger partial charge in [-0.05, 0) is 49.1 Å². The highest BCUT2D eigenvalue weighted by Gasteiger charge is 2.32. The van der Waals surface area contributed by atoms with E-state index in [1.165, 1.54) is 18.6 Å². The van der Waals surface area contributed by atoms with Gasteiger partial charge in [0.05, 0.1) is 0 Å². The number of nitrogens with zero attached hydrogens (tertiary/aromatic N) is 1. The van der Waals surface area contributed by atoms with Crippen LogP contribution in [0, 0.1) is 17.3 Å². The molecule has 21 heavy (non-hydrogen) atoms. The molecule has 1 fully saturated rings. The van der Waals surface area contributed by atoms with Crippen LogP contribution < -0.4 is 5.32 Å². The minimum atomic E-state index is -0.615. The van der Waals surface area contributed by atoms with E-state index in [0.29, 0.717) is 5.41 Å². The monoisotopic (exact) mass is 292 g/mol. The van der Waals surface area contributed by atoms with Crippen LogP contribution in [0.25, 0.3) is 0 Å². The largest absolute Gasteiger partial charge is 0.348 e. The zero-order valence-corrected chi connectivity index (χ0v) is 13.2. The van der Waals surface area contributed by atoms with E-state index < -0.39 is 5.95 Å². The van der Waals surface area contributed by atoms with Crippen molar-refractivity contribution in [2.45, 2.75) is 58.9 Å². The molecule has 1 heterocycles. The fourth-order valence-electron chi connectivity index (χ4n) is 3.10. The average Bonchev–Trinajstić information content (AvgIpc) is 2.48. The van der Waals surface area contributed by atoms with E-state index in [1.807, 2.05) is 0 Å². The first kappa shape index (κ1) is 15.9. The minimum Gasteiger partial charge on any atom is -0.348 e. The molecule has 0 spiro atoms. The van der Waals surface area contributed by atoms with Crippen LogP contribution >= 0.6 is 0 Å². The lowest BCUT2D eigenvalue weighted by molar-refractivity contribution is 0.0887. The molecule has 116 valence electrons. The number of pyridine rings is 1. The highest BCUT2D eigenvalue weighted by molar-refractivity contribution is 5.92. The fraction of sp³-hybridized carbons (Fsp3) is 0.647. The van der Waals surface area contributed by atoms with Crippen LogP contribution in [-0.4, -0.2) is 16.9 Å². The van der Waals surface area contributed by atoms with Gasteiger partial charge >= 0.3 is 0 Å². The van der Waals surface area contributed by atoms with Crippen LogP contribution in [0.15, 0.2) is 18.2 Å². The standard InChI is InChI=1S/C17H25FN2O/c1-4-17(2,3)12-8-10-13(11-9-12)19-16(21)14-6-5-7-15(18)20-14/h5-7,12-13H,4,8-11H2,1-3H3,(H,19,21). The SMILES string of the molecule is CCC(C)(C)C1CCC(NC(=O)c2cccc(F)n2)CC1. The molecule has 0 bridgehead atoms. The number of aromatic nitrogens is 1. The molecule has 0 unspecified atom stereocenters. The van der Waals surface area contributed by atoms with Gasteiger partial charge in [0, 0.05) is 6.04 Å². The molecule has 1 N–H and O–H groups in total. The number of hydrogen-bond acceptors (Lipinski definition) is 2. The third kappa shape index (κ3) is 4.02. The first-order chi connectivity index (χ1) is 9.92. The van der Waals surface area contributed by atoms with Crippen molar-refractivity contribution >= 4 is 5.91 Å². The molecule has 1 saturated carbocycles. The van der Waals surface area contributed by atoms with E-state index in [0.717, 1.165) is 31.6 Å². The number of nitrogens with one attached hydrogen (secondary N) is 1. The Labute approximate surface area is 126 Å². The van der Waals surface area contributed by atoms with E-state index in [2.05, 4.69) is 31.1 Å². The zero-order valence-electron chi connectivity index (χ0n) is 13.2. The molecule has 1 aromatic heterocycles. The minimum absolute atomic E-state index is 0.158. The molecule has 0 saturated heterocycles. The van der Waals surface area contributed by atoms with Crippen molar-refractivity contribution in [3.05, 3.63) is 29.8 Å². The first-order valence-corrected chi connectivity index (χ1v) is 7.86. The predicted molar refractivity (Wildman–Crippen MR) is 81.5 cm³/mol. The first-order valence-electron chi connectivity index (χ1n) is 7.86. The fourth-order valence-corrected chi connectivity index (χ4v) is 3.10. The molecule has 1 aromatic rings. The van der Waals surface area contributed by atoms with Gasteiger partial charge in [-0.2, -0.15) is 4.39 Å². The molecule has 0 aliphatic heterocycles. The Kier molecular flexibility index (Phi) is 4.96. The summed E-state index contributed by atoms with van der Waals surface area (Å²) in [4.78, 5) is 15.7. The topological polar surface area (TPSA) is 42.0 Å². The lowest BCUT2D eigenvalue weighted by Crippen LogP contribution is -2.40. The summed E-state index contributed by atoms with van der Waals surface area (Å²) in [5, 5.41) is 2.98. The van der Waals surface area contributed by atoms with E-state index in [-0.39, 0.29) is 17.6 Å². The van der Waals surface area contributed by atoms with Crippen LogP contribution in [-0.2, 0) is 0 Å². The average molecular weight is 292 g/mol. The van der Waals surface area contributed by atoms with Crippen molar-refractivity contribution in [2.24, 2.45) is 11.3 Å². The molecule has 2 rings (SSSR count). The summed E-state index contributed by atoms with van der Waals surface area (Å²) in [6.45, 7) is 6.89. The Bertz CT molecular complexity index is 493. The van der Waals surface area contributed by atoms with Crippen molar-refractivity contribution in [1.82, 2.24) is 10.3 Å². The molecule has 1 amide bonds.